The lowest BCUT2D eigenvalue weighted by atomic mass is 10.1. The second-order valence-electron chi connectivity index (χ2n) is 5.07. The van der Waals surface area contributed by atoms with Gasteiger partial charge in [-0.3, -0.25) is 0 Å². The van der Waals surface area contributed by atoms with Crippen LogP contribution in [0.4, 0.5) is 4.39 Å². The van der Waals surface area contributed by atoms with E-state index < -0.39 is 0 Å². The van der Waals surface area contributed by atoms with Crippen LogP contribution in [0.15, 0.2) is 46.9 Å². The van der Waals surface area contributed by atoms with E-state index in [0.29, 0.717) is 17.1 Å². The summed E-state index contributed by atoms with van der Waals surface area (Å²) < 4.78 is 19.3. The Morgan fingerprint density at radius 1 is 1.14 bits per heavy atom. The molecule has 0 fully saturated rings. The predicted octanol–water partition coefficient (Wildman–Crippen LogP) is 4.32. The maximum absolute atomic E-state index is 13.1. The third kappa shape index (κ3) is 4.83. The van der Waals surface area contributed by atoms with Gasteiger partial charge in [-0.1, -0.05) is 18.2 Å². The van der Waals surface area contributed by atoms with E-state index in [2.05, 4.69) is 40.3 Å². The minimum atomic E-state index is -0.262. The molecule has 112 valence electrons. The number of halogens is 2. The summed E-state index contributed by atoms with van der Waals surface area (Å²) in [6.45, 7) is 2.57. The summed E-state index contributed by atoms with van der Waals surface area (Å²) >= 11 is 3.17. The highest BCUT2D eigenvalue weighted by Gasteiger charge is 2.03. The standard InChI is InChI=1S/C17H19BrFNO/c1-12(20-2)9-13-3-6-15(7-4-13)21-11-14-5-8-17(19)16(18)10-14/h3-8,10,12,20H,9,11H2,1-2H3. The van der Waals surface area contributed by atoms with Crippen LogP contribution in [-0.4, -0.2) is 13.1 Å². The molecular formula is C17H19BrFNO. The molecule has 0 aliphatic rings. The molecule has 0 spiro atoms. The SMILES string of the molecule is CNC(C)Cc1ccc(OCc2ccc(F)c(Br)c2)cc1. The largest absolute Gasteiger partial charge is 0.489 e. The van der Waals surface area contributed by atoms with Crippen LogP contribution < -0.4 is 10.1 Å². The van der Waals surface area contributed by atoms with Crippen LogP contribution in [0.2, 0.25) is 0 Å². The van der Waals surface area contributed by atoms with E-state index in [-0.39, 0.29) is 5.82 Å². The maximum Gasteiger partial charge on any atom is 0.137 e. The van der Waals surface area contributed by atoms with Crippen molar-refractivity contribution in [3.05, 3.63) is 63.9 Å². The second kappa shape index (κ2) is 7.57. The fraction of sp³-hybridized carbons (Fsp3) is 0.294. The molecule has 2 rings (SSSR count). The molecule has 1 N–H and O–H groups in total. The van der Waals surface area contributed by atoms with Crippen molar-refractivity contribution in [2.24, 2.45) is 0 Å². The summed E-state index contributed by atoms with van der Waals surface area (Å²) in [5.74, 6) is 0.554. The molecule has 0 aliphatic carbocycles. The number of hydrogen-bond donors (Lipinski definition) is 1. The Hall–Kier alpha value is -1.39. The van der Waals surface area contributed by atoms with E-state index >= 15 is 0 Å². The minimum Gasteiger partial charge on any atom is -0.489 e. The summed E-state index contributed by atoms with van der Waals surface area (Å²) in [5, 5.41) is 3.22. The van der Waals surface area contributed by atoms with Crippen molar-refractivity contribution in [3.8, 4) is 5.75 Å². The molecule has 1 atom stereocenters. The van der Waals surface area contributed by atoms with Crippen LogP contribution in [0, 0.1) is 5.82 Å². The fourth-order valence-electron chi connectivity index (χ4n) is 1.97. The molecule has 0 aromatic heterocycles. The van der Waals surface area contributed by atoms with E-state index in [4.69, 9.17) is 4.74 Å². The first kappa shape index (κ1) is 16.0. The molecular weight excluding hydrogens is 333 g/mol. The van der Waals surface area contributed by atoms with Gasteiger partial charge in [0.05, 0.1) is 4.47 Å². The summed E-state index contributed by atoms with van der Waals surface area (Å²) in [6, 6.07) is 13.4. The molecule has 0 amide bonds. The van der Waals surface area contributed by atoms with Gasteiger partial charge in [0, 0.05) is 6.04 Å². The maximum atomic E-state index is 13.1. The van der Waals surface area contributed by atoms with Gasteiger partial charge in [0.1, 0.15) is 18.2 Å². The van der Waals surface area contributed by atoms with Crippen molar-refractivity contribution in [2.45, 2.75) is 26.0 Å². The Kier molecular flexibility index (Phi) is 5.76. The normalized spacial score (nSPS) is 12.2. The Balaban J connectivity index is 1.92. The van der Waals surface area contributed by atoms with Crippen molar-refractivity contribution in [2.75, 3.05) is 7.05 Å². The van der Waals surface area contributed by atoms with Gasteiger partial charge in [0.2, 0.25) is 0 Å². The number of likely N-dealkylation sites (N-methyl/N-ethyl adjacent to an activating group) is 1. The molecule has 0 saturated carbocycles. The summed E-state index contributed by atoms with van der Waals surface area (Å²) in [5.41, 5.74) is 2.20. The number of ether oxygens (including phenoxy) is 1. The first-order valence-corrected chi connectivity index (χ1v) is 7.70. The third-order valence-electron chi connectivity index (χ3n) is 3.35. The molecule has 4 heteroatoms. The van der Waals surface area contributed by atoms with Crippen LogP contribution >= 0.6 is 15.9 Å². The van der Waals surface area contributed by atoms with E-state index in [1.165, 1.54) is 11.6 Å². The zero-order chi connectivity index (χ0) is 15.2. The highest BCUT2D eigenvalue weighted by Crippen LogP contribution is 2.19. The van der Waals surface area contributed by atoms with Gasteiger partial charge >= 0.3 is 0 Å². The van der Waals surface area contributed by atoms with Gasteiger partial charge < -0.3 is 10.1 Å². The zero-order valence-electron chi connectivity index (χ0n) is 12.2. The molecule has 2 aromatic rings. The Bertz CT molecular complexity index is 586. The predicted molar refractivity (Wildman–Crippen MR) is 87.1 cm³/mol. The zero-order valence-corrected chi connectivity index (χ0v) is 13.8. The average molecular weight is 352 g/mol. The van der Waals surface area contributed by atoms with Gasteiger partial charge in [0.15, 0.2) is 0 Å². The van der Waals surface area contributed by atoms with Crippen LogP contribution in [0.3, 0.4) is 0 Å². The van der Waals surface area contributed by atoms with E-state index in [1.807, 2.05) is 19.2 Å². The van der Waals surface area contributed by atoms with Gasteiger partial charge in [-0.05, 0) is 71.7 Å². The lowest BCUT2D eigenvalue weighted by molar-refractivity contribution is 0.306. The topological polar surface area (TPSA) is 21.3 Å². The van der Waals surface area contributed by atoms with Crippen molar-refractivity contribution < 1.29 is 9.13 Å². The second-order valence-corrected chi connectivity index (χ2v) is 5.93. The number of rotatable bonds is 6. The molecule has 2 nitrogen and oxygen atoms in total. The van der Waals surface area contributed by atoms with Gasteiger partial charge in [-0.15, -0.1) is 0 Å². The molecule has 0 heterocycles. The van der Waals surface area contributed by atoms with E-state index in [0.717, 1.165) is 17.7 Å². The smallest absolute Gasteiger partial charge is 0.137 e. The Morgan fingerprint density at radius 2 is 1.81 bits per heavy atom. The average Bonchev–Trinajstić information content (AvgIpc) is 2.50. The third-order valence-corrected chi connectivity index (χ3v) is 3.96. The molecule has 2 aromatic carbocycles. The van der Waals surface area contributed by atoms with Crippen molar-refractivity contribution in [3.63, 3.8) is 0 Å². The van der Waals surface area contributed by atoms with Gasteiger partial charge in [-0.25, -0.2) is 4.39 Å². The highest BCUT2D eigenvalue weighted by molar-refractivity contribution is 9.10. The van der Waals surface area contributed by atoms with Gasteiger partial charge in [0.25, 0.3) is 0 Å². The van der Waals surface area contributed by atoms with Crippen LogP contribution in [0.1, 0.15) is 18.1 Å². The molecule has 21 heavy (non-hydrogen) atoms. The van der Waals surface area contributed by atoms with Gasteiger partial charge in [-0.2, -0.15) is 0 Å². The molecule has 0 radical (unpaired) electrons. The first-order chi connectivity index (χ1) is 10.1. The molecule has 1 unspecified atom stereocenters. The summed E-state index contributed by atoms with van der Waals surface area (Å²) in [4.78, 5) is 0. The van der Waals surface area contributed by atoms with Crippen molar-refractivity contribution >= 4 is 15.9 Å². The van der Waals surface area contributed by atoms with Crippen LogP contribution in [0.25, 0.3) is 0 Å². The van der Waals surface area contributed by atoms with Crippen molar-refractivity contribution in [1.29, 1.82) is 0 Å². The monoisotopic (exact) mass is 351 g/mol. The summed E-state index contributed by atoms with van der Waals surface area (Å²) in [6.07, 6.45) is 0.988. The Morgan fingerprint density at radius 3 is 2.43 bits per heavy atom. The Labute approximate surface area is 133 Å². The number of benzene rings is 2. The first-order valence-electron chi connectivity index (χ1n) is 6.91. The van der Waals surface area contributed by atoms with Crippen LogP contribution in [0.5, 0.6) is 5.75 Å². The quantitative estimate of drug-likeness (QED) is 0.836. The highest BCUT2D eigenvalue weighted by atomic mass is 79.9. The minimum absolute atomic E-state index is 0.262. The lowest BCUT2D eigenvalue weighted by Crippen LogP contribution is -2.23. The van der Waals surface area contributed by atoms with E-state index in [9.17, 15) is 4.39 Å². The lowest BCUT2D eigenvalue weighted by Gasteiger charge is -2.11. The van der Waals surface area contributed by atoms with Crippen LogP contribution in [-0.2, 0) is 13.0 Å². The molecule has 0 bridgehead atoms. The number of nitrogens with one attached hydrogen (secondary N) is 1. The summed E-state index contributed by atoms with van der Waals surface area (Å²) in [7, 11) is 1.96. The fourth-order valence-corrected chi connectivity index (χ4v) is 2.40. The molecule has 0 saturated heterocycles. The number of hydrogen-bond acceptors (Lipinski definition) is 2. The molecule has 0 aliphatic heterocycles. The van der Waals surface area contributed by atoms with Crippen molar-refractivity contribution in [1.82, 2.24) is 5.32 Å². The van der Waals surface area contributed by atoms with E-state index in [1.54, 1.807) is 12.1 Å².